The number of halogens is 1. The molecule has 0 radical (unpaired) electrons. The molecule has 1 amide bonds. The molecule has 5 N–H and O–H groups in total. The van der Waals surface area contributed by atoms with Crippen LogP contribution in [0.1, 0.15) is 34.2 Å². The molecule has 0 saturated carbocycles. The van der Waals surface area contributed by atoms with Crippen LogP contribution in [-0.4, -0.2) is 30.1 Å². The molecule has 0 fully saturated rings. The Bertz CT molecular complexity index is 920. The minimum atomic E-state index is -0.642. The third-order valence-electron chi connectivity index (χ3n) is 3.88. The number of aliphatic imine (C=N–C) groups is 1. The second-order valence-electron chi connectivity index (χ2n) is 5.91. The lowest BCUT2D eigenvalue weighted by Crippen LogP contribution is -2.39. The van der Waals surface area contributed by atoms with Gasteiger partial charge in [0, 0.05) is 22.7 Å². The van der Waals surface area contributed by atoms with Crippen LogP contribution in [0.2, 0.25) is 0 Å². The number of nitrogens with two attached hydrogens (primary N) is 1. The Kier molecular flexibility index (Phi) is 8.27. The highest BCUT2D eigenvalue weighted by molar-refractivity contribution is 14.0. The van der Waals surface area contributed by atoms with E-state index in [-0.39, 0.29) is 36.3 Å². The first-order valence-electron chi connectivity index (χ1n) is 8.64. The minimum absolute atomic E-state index is 0. The van der Waals surface area contributed by atoms with Gasteiger partial charge in [-0.1, -0.05) is 18.2 Å². The molecule has 9 heteroatoms. The van der Waals surface area contributed by atoms with Crippen LogP contribution in [0.25, 0.3) is 10.1 Å². The Morgan fingerprint density at radius 2 is 2.07 bits per heavy atom. The zero-order valence-electron chi connectivity index (χ0n) is 15.3. The van der Waals surface area contributed by atoms with Crippen LogP contribution in [0.5, 0.6) is 0 Å². The molecule has 28 heavy (non-hydrogen) atoms. The number of rotatable bonds is 7. The van der Waals surface area contributed by atoms with Crippen LogP contribution >= 0.6 is 35.3 Å². The molecular weight excluding hydrogens is 491 g/mol. The fourth-order valence-electron chi connectivity index (χ4n) is 2.55. The Hall–Kier alpha value is -2.11. The summed E-state index contributed by atoms with van der Waals surface area (Å²) in [5.41, 5.74) is 5.17. The van der Waals surface area contributed by atoms with E-state index in [0.29, 0.717) is 24.8 Å². The molecular formula is C19H23IN4O3S. The van der Waals surface area contributed by atoms with Crippen molar-refractivity contribution >= 4 is 57.3 Å². The number of thiophene rings is 1. The van der Waals surface area contributed by atoms with E-state index < -0.39 is 12.0 Å². The Morgan fingerprint density at radius 3 is 2.75 bits per heavy atom. The Labute approximate surface area is 184 Å². The SMILES string of the molecule is CCNC(=NCc1ccc(C(N)=O)o1)NCC(O)c1cc2ccccc2s1.I. The van der Waals surface area contributed by atoms with E-state index in [1.54, 1.807) is 17.4 Å². The molecule has 7 nitrogen and oxygen atoms in total. The van der Waals surface area contributed by atoms with Gasteiger partial charge in [0.05, 0.1) is 0 Å². The smallest absolute Gasteiger partial charge is 0.284 e. The van der Waals surface area contributed by atoms with Crippen molar-refractivity contribution in [3.8, 4) is 0 Å². The largest absolute Gasteiger partial charge is 0.454 e. The highest BCUT2D eigenvalue weighted by Gasteiger charge is 2.12. The maximum atomic E-state index is 11.1. The van der Waals surface area contributed by atoms with Gasteiger partial charge >= 0.3 is 0 Å². The summed E-state index contributed by atoms with van der Waals surface area (Å²) >= 11 is 1.58. The normalized spacial score (nSPS) is 12.4. The number of hydrogen-bond donors (Lipinski definition) is 4. The van der Waals surface area contributed by atoms with Crippen LogP contribution in [0.3, 0.4) is 0 Å². The van der Waals surface area contributed by atoms with E-state index >= 15 is 0 Å². The molecule has 1 unspecified atom stereocenters. The molecule has 3 rings (SSSR count). The number of primary amides is 1. The predicted molar refractivity (Wildman–Crippen MR) is 122 cm³/mol. The van der Waals surface area contributed by atoms with Crippen molar-refractivity contribution in [2.45, 2.75) is 19.6 Å². The number of guanidine groups is 1. The van der Waals surface area contributed by atoms with Gasteiger partial charge in [-0.05, 0) is 36.6 Å². The Balaban J connectivity index is 0.00000280. The molecule has 2 heterocycles. The molecule has 150 valence electrons. The number of benzene rings is 1. The number of nitrogens with zero attached hydrogens (tertiary/aromatic N) is 1. The van der Waals surface area contributed by atoms with Crippen molar-refractivity contribution in [1.29, 1.82) is 0 Å². The first-order chi connectivity index (χ1) is 13.1. The molecule has 1 aromatic carbocycles. The first-order valence-corrected chi connectivity index (χ1v) is 9.45. The van der Waals surface area contributed by atoms with Gasteiger partial charge in [-0.3, -0.25) is 4.79 Å². The summed E-state index contributed by atoms with van der Waals surface area (Å²) in [7, 11) is 0. The second kappa shape index (κ2) is 10.4. The fraction of sp³-hybridized carbons (Fsp3) is 0.263. The molecule has 3 aromatic rings. The van der Waals surface area contributed by atoms with Crippen molar-refractivity contribution in [3.63, 3.8) is 0 Å². The molecule has 0 aliphatic heterocycles. The van der Waals surface area contributed by atoms with E-state index in [1.807, 2.05) is 37.3 Å². The van der Waals surface area contributed by atoms with E-state index in [1.165, 1.54) is 6.07 Å². The highest BCUT2D eigenvalue weighted by Crippen LogP contribution is 2.29. The summed E-state index contributed by atoms with van der Waals surface area (Å²) in [5.74, 6) is 0.584. The summed E-state index contributed by atoms with van der Waals surface area (Å²) in [5, 5.41) is 17.8. The van der Waals surface area contributed by atoms with E-state index in [2.05, 4.69) is 15.6 Å². The zero-order chi connectivity index (χ0) is 19.2. The van der Waals surface area contributed by atoms with E-state index in [0.717, 1.165) is 15.0 Å². The lowest BCUT2D eigenvalue weighted by atomic mass is 10.2. The number of aliphatic hydroxyl groups is 1. The first kappa shape index (κ1) is 22.2. The number of hydrogen-bond acceptors (Lipinski definition) is 5. The van der Waals surface area contributed by atoms with Crippen molar-refractivity contribution in [1.82, 2.24) is 10.6 Å². The third-order valence-corrected chi connectivity index (χ3v) is 5.09. The number of furan rings is 1. The maximum Gasteiger partial charge on any atom is 0.284 e. The van der Waals surface area contributed by atoms with Crippen LogP contribution < -0.4 is 16.4 Å². The average molecular weight is 514 g/mol. The number of fused-ring (bicyclic) bond motifs is 1. The molecule has 0 saturated heterocycles. The van der Waals surface area contributed by atoms with E-state index in [4.69, 9.17) is 10.2 Å². The van der Waals surface area contributed by atoms with Gasteiger partial charge in [0.15, 0.2) is 11.7 Å². The van der Waals surface area contributed by atoms with Crippen LogP contribution in [0.15, 0.2) is 51.9 Å². The van der Waals surface area contributed by atoms with Crippen LogP contribution in [0.4, 0.5) is 0 Å². The third kappa shape index (κ3) is 5.69. The molecule has 1 atom stereocenters. The highest BCUT2D eigenvalue weighted by atomic mass is 127. The van der Waals surface area contributed by atoms with Gasteiger partial charge in [-0.25, -0.2) is 4.99 Å². The topological polar surface area (TPSA) is 113 Å². The quantitative estimate of drug-likeness (QED) is 0.220. The summed E-state index contributed by atoms with van der Waals surface area (Å²) < 4.78 is 6.47. The van der Waals surface area contributed by atoms with Gasteiger partial charge in [-0.15, -0.1) is 35.3 Å². The molecule has 0 bridgehead atoms. The monoisotopic (exact) mass is 514 g/mol. The predicted octanol–water partition coefficient (Wildman–Crippen LogP) is 3.00. The van der Waals surface area contributed by atoms with Crippen molar-refractivity contribution in [2.24, 2.45) is 10.7 Å². The van der Waals surface area contributed by atoms with Gasteiger partial charge in [0.25, 0.3) is 5.91 Å². The maximum absolute atomic E-state index is 11.1. The van der Waals surface area contributed by atoms with Crippen molar-refractivity contribution < 1.29 is 14.3 Å². The van der Waals surface area contributed by atoms with Gasteiger partial charge in [-0.2, -0.15) is 0 Å². The molecule has 0 aliphatic carbocycles. The standard InChI is InChI=1S/C19H22N4O3S.HI/c1-2-21-19(22-10-13-7-8-15(26-13)18(20)25)23-11-14(24)17-9-12-5-3-4-6-16(12)27-17;/h3-9,14,24H,2,10-11H2,1H3,(H2,20,25)(H2,21,22,23);1H. The summed E-state index contributed by atoms with van der Waals surface area (Å²) in [4.78, 5) is 16.4. The van der Waals surface area contributed by atoms with Crippen molar-refractivity contribution in [2.75, 3.05) is 13.1 Å². The Morgan fingerprint density at radius 1 is 1.29 bits per heavy atom. The number of nitrogens with one attached hydrogen (secondary N) is 2. The van der Waals surface area contributed by atoms with Crippen LogP contribution in [0, 0.1) is 0 Å². The molecule has 0 spiro atoms. The summed E-state index contributed by atoms with van der Waals surface area (Å²) in [6.45, 7) is 3.21. The number of aliphatic hydroxyl groups excluding tert-OH is 1. The molecule has 2 aromatic heterocycles. The van der Waals surface area contributed by atoms with Crippen LogP contribution in [-0.2, 0) is 6.54 Å². The van der Waals surface area contributed by atoms with Gasteiger partial charge in [0.1, 0.15) is 18.4 Å². The zero-order valence-corrected chi connectivity index (χ0v) is 18.5. The fourth-order valence-corrected chi connectivity index (χ4v) is 3.61. The van der Waals surface area contributed by atoms with Gasteiger partial charge < -0.3 is 25.9 Å². The van der Waals surface area contributed by atoms with Crippen molar-refractivity contribution in [3.05, 3.63) is 58.9 Å². The summed E-state index contributed by atoms with van der Waals surface area (Å²) in [6.07, 6.45) is -0.642. The number of carbonyl (C=O) groups is 1. The van der Waals surface area contributed by atoms with Gasteiger partial charge in [0.2, 0.25) is 0 Å². The lowest BCUT2D eigenvalue weighted by molar-refractivity contribution is 0.0972. The molecule has 0 aliphatic rings. The number of amides is 1. The lowest BCUT2D eigenvalue weighted by Gasteiger charge is -2.14. The average Bonchev–Trinajstić information content (AvgIpc) is 3.30. The summed E-state index contributed by atoms with van der Waals surface area (Å²) in [6, 6.07) is 13.2. The minimum Gasteiger partial charge on any atom is -0.454 e. The number of carbonyl (C=O) groups excluding carboxylic acids is 1. The van der Waals surface area contributed by atoms with E-state index in [9.17, 15) is 9.90 Å². The second-order valence-corrected chi connectivity index (χ2v) is 7.02.